The largest absolute Gasteiger partial charge is 0.441 e. The van der Waals surface area contributed by atoms with Gasteiger partial charge in [0, 0.05) is 0 Å². The molecule has 1 atom stereocenters. The summed E-state index contributed by atoms with van der Waals surface area (Å²) in [7, 11) is 0. The Bertz CT molecular complexity index is 196. The molecule has 0 saturated heterocycles. The quantitative estimate of drug-likeness (QED) is 0.330. The number of carbonyl (C=O) groups is 2. The third-order valence-corrected chi connectivity index (χ3v) is 0.780. The molecule has 0 rings (SSSR count). The van der Waals surface area contributed by atoms with E-state index >= 15 is 0 Å². The number of hydrogen-bond acceptors (Lipinski definition) is 4. The maximum Gasteiger partial charge on any atom is 0.392 e. The minimum atomic E-state index is -1.22. The lowest BCUT2D eigenvalue weighted by molar-refractivity contribution is -0.152. The Morgan fingerprint density at radius 3 is 2.50 bits per heavy atom. The molecule has 10 heavy (non-hydrogen) atoms. The van der Waals surface area contributed by atoms with Crippen molar-refractivity contribution in [3.05, 3.63) is 0 Å². The third-order valence-electron chi connectivity index (χ3n) is 0.626. The fourth-order valence-corrected chi connectivity index (χ4v) is 0.278. The van der Waals surface area contributed by atoms with E-state index in [4.69, 9.17) is 16.9 Å². The fourth-order valence-electron chi connectivity index (χ4n) is 0.233. The van der Waals surface area contributed by atoms with Crippen LogP contribution in [0, 0.1) is 11.3 Å². The molecule has 0 bridgehead atoms. The molecule has 1 unspecified atom stereocenters. The number of nitrogens with zero attached hydrogens (tertiary/aromatic N) is 1. The monoisotopic (exact) mass is 161 g/mol. The number of esters is 1. The van der Waals surface area contributed by atoms with Gasteiger partial charge in [-0.3, -0.25) is 4.79 Å². The zero-order valence-corrected chi connectivity index (χ0v) is 5.88. The van der Waals surface area contributed by atoms with E-state index in [1.54, 1.807) is 6.07 Å². The van der Waals surface area contributed by atoms with Gasteiger partial charge in [0.2, 0.25) is 0 Å². The van der Waals surface area contributed by atoms with Crippen molar-refractivity contribution in [1.82, 2.24) is 0 Å². The van der Waals surface area contributed by atoms with Crippen LogP contribution in [0.1, 0.15) is 6.92 Å². The maximum atomic E-state index is 10.3. The Kier molecular flexibility index (Phi) is 3.44. The molecule has 0 aliphatic rings. The highest BCUT2D eigenvalue weighted by molar-refractivity contribution is 6.80. The summed E-state index contributed by atoms with van der Waals surface area (Å²) in [5.74, 6) is -1.20. The molecule has 0 aliphatic carbocycles. The normalized spacial score (nSPS) is 11.3. The molecule has 0 aromatic rings. The highest BCUT2D eigenvalue weighted by atomic mass is 35.5. The first-order chi connectivity index (χ1) is 4.57. The molecule has 5 heteroatoms. The zero-order chi connectivity index (χ0) is 8.15. The van der Waals surface area contributed by atoms with Crippen molar-refractivity contribution in [2.45, 2.75) is 13.0 Å². The molecule has 0 N–H and O–H groups in total. The Balaban J connectivity index is 3.83. The van der Waals surface area contributed by atoms with E-state index in [-0.39, 0.29) is 0 Å². The van der Waals surface area contributed by atoms with Gasteiger partial charge in [-0.25, -0.2) is 4.79 Å². The summed E-state index contributed by atoms with van der Waals surface area (Å²) < 4.78 is 4.18. The summed E-state index contributed by atoms with van der Waals surface area (Å²) in [5.41, 5.74) is 0. The van der Waals surface area contributed by atoms with Crippen LogP contribution in [-0.4, -0.2) is 17.3 Å². The topological polar surface area (TPSA) is 67.2 Å². The van der Waals surface area contributed by atoms with Crippen molar-refractivity contribution < 1.29 is 14.3 Å². The lowest BCUT2D eigenvalue weighted by atomic mass is 10.5. The van der Waals surface area contributed by atoms with Gasteiger partial charge < -0.3 is 4.74 Å². The number of ether oxygens (including phenoxy) is 1. The summed E-state index contributed by atoms with van der Waals surface area (Å²) in [6.07, 6.45) is -0.935. The molecule has 0 heterocycles. The first kappa shape index (κ1) is 8.92. The first-order valence-electron chi connectivity index (χ1n) is 2.38. The van der Waals surface area contributed by atoms with Gasteiger partial charge in [0.1, 0.15) is 6.07 Å². The van der Waals surface area contributed by atoms with Gasteiger partial charge in [-0.2, -0.15) is 5.26 Å². The molecule has 0 aliphatic heterocycles. The highest BCUT2D eigenvalue weighted by Crippen LogP contribution is 1.91. The summed E-state index contributed by atoms with van der Waals surface area (Å²) in [5, 5.41) is 6.86. The first-order valence-corrected chi connectivity index (χ1v) is 2.75. The van der Waals surface area contributed by atoms with Gasteiger partial charge >= 0.3 is 11.2 Å². The fraction of sp³-hybridized carbons (Fsp3) is 0.400. The minimum absolute atomic E-state index is 0.935. The summed E-state index contributed by atoms with van der Waals surface area (Å²) >= 11 is 4.71. The average molecular weight is 162 g/mol. The molecular weight excluding hydrogens is 158 g/mol. The second-order valence-electron chi connectivity index (χ2n) is 1.45. The molecule has 0 radical (unpaired) electrons. The van der Waals surface area contributed by atoms with E-state index in [2.05, 4.69) is 4.74 Å². The molecule has 0 saturated carbocycles. The van der Waals surface area contributed by atoms with Crippen LogP contribution >= 0.6 is 11.6 Å². The van der Waals surface area contributed by atoms with E-state index in [9.17, 15) is 9.59 Å². The van der Waals surface area contributed by atoms with Crippen LogP contribution in [-0.2, 0) is 14.3 Å². The van der Waals surface area contributed by atoms with Gasteiger partial charge in [0.25, 0.3) is 0 Å². The minimum Gasteiger partial charge on any atom is -0.441 e. The maximum absolute atomic E-state index is 10.3. The van der Waals surface area contributed by atoms with Crippen molar-refractivity contribution in [2.24, 2.45) is 0 Å². The van der Waals surface area contributed by atoms with E-state index in [0.29, 0.717) is 0 Å². The van der Waals surface area contributed by atoms with E-state index in [1.165, 1.54) is 6.92 Å². The van der Waals surface area contributed by atoms with Crippen molar-refractivity contribution in [3.8, 4) is 6.07 Å². The van der Waals surface area contributed by atoms with Crippen molar-refractivity contribution in [2.75, 3.05) is 0 Å². The standard InChI is InChI=1S/C5H4ClNO3/c1-3(2-7)10-5(9)4(6)8/h3H,1H3. The number of rotatable bonds is 2. The number of halogens is 1. The zero-order valence-electron chi connectivity index (χ0n) is 5.13. The van der Waals surface area contributed by atoms with Gasteiger partial charge in [0.15, 0.2) is 6.10 Å². The average Bonchev–Trinajstić information content (AvgIpc) is 1.87. The van der Waals surface area contributed by atoms with Crippen LogP contribution in [0.5, 0.6) is 0 Å². The number of nitriles is 1. The Morgan fingerprint density at radius 2 is 2.20 bits per heavy atom. The molecule has 0 spiro atoms. The van der Waals surface area contributed by atoms with Crippen molar-refractivity contribution >= 4 is 22.8 Å². The van der Waals surface area contributed by atoms with Crippen LogP contribution in [0.2, 0.25) is 0 Å². The summed E-state index contributed by atoms with van der Waals surface area (Å²) in [4.78, 5) is 20.2. The molecule has 0 aromatic heterocycles. The summed E-state index contributed by atoms with van der Waals surface area (Å²) in [6, 6.07) is 1.60. The van der Waals surface area contributed by atoms with Crippen LogP contribution in [0.3, 0.4) is 0 Å². The Hall–Kier alpha value is -1.08. The van der Waals surface area contributed by atoms with Crippen LogP contribution in [0.15, 0.2) is 0 Å². The summed E-state index contributed by atoms with van der Waals surface area (Å²) in [6.45, 7) is 1.33. The Morgan fingerprint density at radius 1 is 1.70 bits per heavy atom. The van der Waals surface area contributed by atoms with Gasteiger partial charge in [-0.15, -0.1) is 0 Å². The van der Waals surface area contributed by atoms with Gasteiger partial charge in [-0.05, 0) is 18.5 Å². The molecule has 4 nitrogen and oxygen atoms in total. The van der Waals surface area contributed by atoms with Crippen molar-refractivity contribution in [3.63, 3.8) is 0 Å². The SMILES string of the molecule is CC(C#N)OC(=O)C(=O)Cl. The lowest BCUT2D eigenvalue weighted by Crippen LogP contribution is -2.17. The predicted molar refractivity (Wildman–Crippen MR) is 32.0 cm³/mol. The predicted octanol–water partition coefficient (Wildman–Crippen LogP) is 0.207. The number of carbonyl (C=O) groups excluding carboxylic acids is 2. The second-order valence-corrected chi connectivity index (χ2v) is 1.79. The van der Waals surface area contributed by atoms with Crippen LogP contribution in [0.25, 0.3) is 0 Å². The molecular formula is C5H4ClNO3. The van der Waals surface area contributed by atoms with E-state index < -0.39 is 17.3 Å². The van der Waals surface area contributed by atoms with Crippen LogP contribution in [0.4, 0.5) is 0 Å². The molecule has 0 amide bonds. The van der Waals surface area contributed by atoms with Gasteiger partial charge in [-0.1, -0.05) is 0 Å². The smallest absolute Gasteiger partial charge is 0.392 e. The second kappa shape index (κ2) is 3.85. The van der Waals surface area contributed by atoms with Crippen molar-refractivity contribution in [1.29, 1.82) is 5.26 Å². The highest BCUT2D eigenvalue weighted by Gasteiger charge is 2.14. The molecule has 0 fully saturated rings. The molecule has 0 aromatic carbocycles. The lowest BCUT2D eigenvalue weighted by Gasteiger charge is -2.00. The van der Waals surface area contributed by atoms with E-state index in [0.717, 1.165) is 0 Å². The van der Waals surface area contributed by atoms with Crippen LogP contribution < -0.4 is 0 Å². The van der Waals surface area contributed by atoms with Gasteiger partial charge in [0.05, 0.1) is 0 Å². The Labute approximate surface area is 62.3 Å². The molecule has 54 valence electrons. The van der Waals surface area contributed by atoms with E-state index in [1.807, 2.05) is 0 Å². The number of hydrogen-bond donors (Lipinski definition) is 0. The third kappa shape index (κ3) is 3.05.